The Bertz CT molecular complexity index is 216. The highest BCUT2D eigenvalue weighted by Crippen LogP contribution is 2.21. The van der Waals surface area contributed by atoms with Gasteiger partial charge in [0.05, 0.1) is 12.1 Å². The molecule has 2 atom stereocenters. The quantitative estimate of drug-likeness (QED) is 0.783. The van der Waals surface area contributed by atoms with E-state index in [0.29, 0.717) is 5.92 Å². The number of amides is 1. The molecule has 0 aromatic heterocycles. The van der Waals surface area contributed by atoms with Crippen molar-refractivity contribution in [1.82, 2.24) is 5.32 Å². The van der Waals surface area contributed by atoms with Gasteiger partial charge in [-0.1, -0.05) is 26.7 Å². The van der Waals surface area contributed by atoms with Gasteiger partial charge in [0.1, 0.15) is 0 Å². The number of nitrogens with one attached hydrogen (secondary N) is 1. The van der Waals surface area contributed by atoms with Crippen molar-refractivity contribution in [2.45, 2.75) is 65.0 Å². The van der Waals surface area contributed by atoms with E-state index in [1.165, 1.54) is 12.8 Å². The summed E-state index contributed by atoms with van der Waals surface area (Å²) in [5, 5.41) is 3.01. The molecule has 0 aromatic carbocycles. The maximum absolute atomic E-state index is 11.1. The van der Waals surface area contributed by atoms with Crippen LogP contribution in [-0.2, 0) is 9.53 Å². The Hall–Kier alpha value is -0.570. The van der Waals surface area contributed by atoms with E-state index in [1.54, 1.807) is 6.92 Å². The summed E-state index contributed by atoms with van der Waals surface area (Å²) in [6, 6.07) is 0.235. The molecule has 1 fully saturated rings. The molecule has 94 valence electrons. The van der Waals surface area contributed by atoms with E-state index in [0.717, 1.165) is 25.9 Å². The van der Waals surface area contributed by atoms with Crippen LogP contribution in [0.3, 0.4) is 0 Å². The second-order valence-corrected chi connectivity index (χ2v) is 5.18. The number of carbonyl (C=O) groups is 1. The van der Waals surface area contributed by atoms with E-state index in [2.05, 4.69) is 19.2 Å². The molecule has 3 heteroatoms. The van der Waals surface area contributed by atoms with E-state index in [4.69, 9.17) is 4.74 Å². The fourth-order valence-corrected chi connectivity index (χ4v) is 2.18. The molecule has 1 saturated carbocycles. The summed E-state index contributed by atoms with van der Waals surface area (Å²) in [5.74, 6) is 0.743. The van der Waals surface area contributed by atoms with Crippen molar-refractivity contribution in [1.29, 1.82) is 0 Å². The number of carbonyl (C=O) groups excluding carboxylic acids is 1. The Balaban J connectivity index is 2.31. The molecule has 3 nitrogen and oxygen atoms in total. The Kier molecular flexibility index (Phi) is 5.81. The van der Waals surface area contributed by atoms with Gasteiger partial charge < -0.3 is 10.1 Å². The maximum Gasteiger partial charge on any atom is 0.217 e. The summed E-state index contributed by atoms with van der Waals surface area (Å²) >= 11 is 0. The highest BCUT2D eigenvalue weighted by molar-refractivity contribution is 5.73. The average Bonchev–Trinajstić information content (AvgIpc) is 2.19. The summed E-state index contributed by atoms with van der Waals surface area (Å²) < 4.78 is 5.89. The van der Waals surface area contributed by atoms with Gasteiger partial charge in [-0.15, -0.1) is 0 Å². The molecule has 0 radical (unpaired) electrons. The second kappa shape index (κ2) is 6.89. The molecule has 1 N–H and O–H groups in total. The Labute approximate surface area is 98.9 Å². The lowest BCUT2D eigenvalue weighted by Gasteiger charge is -2.32. The van der Waals surface area contributed by atoms with Crippen molar-refractivity contribution in [3.05, 3.63) is 0 Å². The van der Waals surface area contributed by atoms with E-state index in [9.17, 15) is 4.79 Å². The zero-order valence-electron chi connectivity index (χ0n) is 10.8. The lowest BCUT2D eigenvalue weighted by atomic mass is 9.92. The first-order valence-electron chi connectivity index (χ1n) is 6.48. The Morgan fingerprint density at radius 2 is 2.06 bits per heavy atom. The van der Waals surface area contributed by atoms with Crippen molar-refractivity contribution in [2.75, 3.05) is 6.61 Å². The predicted octanol–water partition coefficient (Wildman–Crippen LogP) is 2.50. The van der Waals surface area contributed by atoms with Crippen molar-refractivity contribution in [3.8, 4) is 0 Å². The molecule has 16 heavy (non-hydrogen) atoms. The standard InChI is InChI=1S/C13H25NO2/c1-10(2)8-9-16-13-7-5-4-6-12(13)14-11(3)15/h10,12-13H,4-9H2,1-3H3,(H,14,15)/t12-,13-/m1/s1. The summed E-state index contributed by atoms with van der Waals surface area (Å²) in [7, 11) is 0. The van der Waals surface area contributed by atoms with Crippen molar-refractivity contribution >= 4 is 5.91 Å². The summed E-state index contributed by atoms with van der Waals surface area (Å²) in [6.07, 6.45) is 5.91. The van der Waals surface area contributed by atoms with Crippen LogP contribution in [0.25, 0.3) is 0 Å². The maximum atomic E-state index is 11.1. The molecule has 0 heterocycles. The van der Waals surface area contributed by atoms with Crippen molar-refractivity contribution in [2.24, 2.45) is 5.92 Å². The van der Waals surface area contributed by atoms with Crippen LogP contribution in [0, 0.1) is 5.92 Å². The third-order valence-electron chi connectivity index (χ3n) is 3.12. The van der Waals surface area contributed by atoms with Gasteiger partial charge in [0.2, 0.25) is 5.91 Å². The van der Waals surface area contributed by atoms with Crippen LogP contribution >= 0.6 is 0 Å². The third kappa shape index (κ3) is 4.97. The second-order valence-electron chi connectivity index (χ2n) is 5.18. The van der Waals surface area contributed by atoms with Gasteiger partial charge in [-0.3, -0.25) is 4.79 Å². The molecule has 0 aliphatic heterocycles. The molecule has 1 rings (SSSR count). The van der Waals surface area contributed by atoms with Gasteiger partial charge in [0.15, 0.2) is 0 Å². The summed E-state index contributed by atoms with van der Waals surface area (Å²) in [6.45, 7) is 6.81. The third-order valence-corrected chi connectivity index (χ3v) is 3.12. The highest BCUT2D eigenvalue weighted by atomic mass is 16.5. The first kappa shape index (κ1) is 13.5. The fraction of sp³-hybridized carbons (Fsp3) is 0.923. The number of hydrogen-bond donors (Lipinski definition) is 1. The molecule has 1 amide bonds. The largest absolute Gasteiger partial charge is 0.376 e. The molecule has 0 bridgehead atoms. The van der Waals surface area contributed by atoms with Crippen LogP contribution in [0.5, 0.6) is 0 Å². The lowest BCUT2D eigenvalue weighted by molar-refractivity contribution is -0.121. The minimum Gasteiger partial charge on any atom is -0.376 e. The zero-order valence-corrected chi connectivity index (χ0v) is 10.8. The van der Waals surface area contributed by atoms with Gasteiger partial charge in [0, 0.05) is 13.5 Å². The first-order valence-corrected chi connectivity index (χ1v) is 6.48. The average molecular weight is 227 g/mol. The van der Waals surface area contributed by atoms with Gasteiger partial charge in [0.25, 0.3) is 0 Å². The van der Waals surface area contributed by atoms with Crippen LogP contribution in [0.15, 0.2) is 0 Å². The van der Waals surface area contributed by atoms with Crippen molar-refractivity contribution < 1.29 is 9.53 Å². The first-order chi connectivity index (χ1) is 7.59. The highest BCUT2D eigenvalue weighted by Gasteiger charge is 2.26. The Morgan fingerprint density at radius 3 is 2.69 bits per heavy atom. The van der Waals surface area contributed by atoms with Crippen LogP contribution in [-0.4, -0.2) is 24.7 Å². The van der Waals surface area contributed by atoms with Gasteiger partial charge in [-0.2, -0.15) is 0 Å². The van der Waals surface area contributed by atoms with Crippen molar-refractivity contribution in [3.63, 3.8) is 0 Å². The molecule has 1 aliphatic carbocycles. The van der Waals surface area contributed by atoms with E-state index in [-0.39, 0.29) is 18.1 Å². The minimum absolute atomic E-state index is 0.0596. The van der Waals surface area contributed by atoms with Gasteiger partial charge in [-0.05, 0) is 25.2 Å². The number of hydrogen-bond acceptors (Lipinski definition) is 2. The van der Waals surface area contributed by atoms with Crippen LogP contribution in [0.1, 0.15) is 52.9 Å². The van der Waals surface area contributed by atoms with E-state index >= 15 is 0 Å². The summed E-state index contributed by atoms with van der Waals surface area (Å²) in [5.41, 5.74) is 0. The minimum atomic E-state index is 0.0596. The molecular formula is C13H25NO2. The lowest BCUT2D eigenvalue weighted by Crippen LogP contribution is -2.45. The summed E-state index contributed by atoms with van der Waals surface area (Å²) in [4.78, 5) is 11.1. The van der Waals surface area contributed by atoms with E-state index in [1.807, 2.05) is 0 Å². The smallest absolute Gasteiger partial charge is 0.217 e. The van der Waals surface area contributed by atoms with Crippen LogP contribution in [0.2, 0.25) is 0 Å². The predicted molar refractivity (Wildman–Crippen MR) is 65.3 cm³/mol. The molecule has 0 aromatic rings. The normalized spacial score (nSPS) is 25.8. The number of rotatable bonds is 5. The molecule has 0 saturated heterocycles. The van der Waals surface area contributed by atoms with Gasteiger partial charge >= 0.3 is 0 Å². The topological polar surface area (TPSA) is 38.3 Å². The van der Waals surface area contributed by atoms with Gasteiger partial charge in [-0.25, -0.2) is 0 Å². The molecule has 1 aliphatic rings. The monoisotopic (exact) mass is 227 g/mol. The molecule has 0 unspecified atom stereocenters. The van der Waals surface area contributed by atoms with E-state index < -0.39 is 0 Å². The Morgan fingerprint density at radius 1 is 1.38 bits per heavy atom. The number of ether oxygens (including phenoxy) is 1. The molecular weight excluding hydrogens is 202 g/mol. The van der Waals surface area contributed by atoms with Crippen LogP contribution in [0.4, 0.5) is 0 Å². The molecule has 0 spiro atoms. The van der Waals surface area contributed by atoms with Crippen LogP contribution < -0.4 is 5.32 Å². The fourth-order valence-electron chi connectivity index (χ4n) is 2.18. The SMILES string of the molecule is CC(=O)N[C@@H]1CCCC[C@H]1OCCC(C)C. The zero-order chi connectivity index (χ0) is 12.0.